The number of aromatic nitrogens is 1. The Morgan fingerprint density at radius 1 is 1.06 bits per heavy atom. The fourth-order valence-electron chi connectivity index (χ4n) is 1.31. The maximum Gasteiger partial charge on any atom is 0.151 e. The van der Waals surface area contributed by atoms with E-state index in [2.05, 4.69) is 4.98 Å². The molecule has 2 rings (SSSR count). The minimum atomic E-state index is 0.500. The predicted molar refractivity (Wildman–Crippen MR) is 62.1 cm³/mol. The molecule has 0 atom stereocenters. The molecule has 0 aliphatic rings. The van der Waals surface area contributed by atoms with Crippen LogP contribution in [0.2, 0.25) is 0 Å². The van der Waals surface area contributed by atoms with Crippen LogP contribution in [0.1, 0.15) is 10.4 Å². The lowest BCUT2D eigenvalue weighted by Gasteiger charge is -2.00. The molecule has 2 nitrogen and oxygen atoms in total. The number of benzene rings is 1. The van der Waals surface area contributed by atoms with Gasteiger partial charge in [0.25, 0.3) is 0 Å². The maximum absolute atomic E-state index is 10.6. The molecule has 82 valence electrons. The molecule has 1 aromatic heterocycles. The minimum Gasteiger partial charge on any atom is -0.298 e. The Hall–Kier alpha value is -2.03. The molecule has 2 aromatic rings. The first kappa shape index (κ1) is 12.0. The van der Waals surface area contributed by atoms with E-state index in [1.54, 1.807) is 12.4 Å². The van der Waals surface area contributed by atoms with Gasteiger partial charge >= 0.3 is 0 Å². The fourth-order valence-corrected chi connectivity index (χ4v) is 1.31. The smallest absolute Gasteiger partial charge is 0.151 e. The zero-order chi connectivity index (χ0) is 11.8. The number of alkyl halides is 1. The molecule has 0 radical (unpaired) electrons. The lowest BCUT2D eigenvalue weighted by Crippen LogP contribution is -1.84. The highest BCUT2D eigenvalue weighted by atomic mass is 19.1. The summed E-state index contributed by atoms with van der Waals surface area (Å²) in [6, 6.07) is 11.7. The largest absolute Gasteiger partial charge is 0.298 e. The van der Waals surface area contributed by atoms with Crippen molar-refractivity contribution in [2.75, 3.05) is 7.18 Å². The van der Waals surface area contributed by atoms with E-state index in [1.807, 2.05) is 36.4 Å². The zero-order valence-electron chi connectivity index (χ0n) is 8.93. The van der Waals surface area contributed by atoms with Crippen LogP contribution < -0.4 is 0 Å². The molecule has 0 unspecified atom stereocenters. The monoisotopic (exact) mass is 217 g/mol. The van der Waals surface area contributed by atoms with Crippen LogP contribution in [0.3, 0.4) is 0 Å². The molecule has 1 aromatic carbocycles. The maximum atomic E-state index is 10.6. The first-order chi connectivity index (χ1) is 7.90. The molecule has 0 aliphatic carbocycles. The second-order valence-electron chi connectivity index (χ2n) is 2.99. The van der Waals surface area contributed by atoms with E-state index in [0.29, 0.717) is 12.7 Å². The quantitative estimate of drug-likeness (QED) is 0.723. The first-order valence-electron chi connectivity index (χ1n) is 4.73. The van der Waals surface area contributed by atoms with Crippen molar-refractivity contribution in [1.82, 2.24) is 4.98 Å². The van der Waals surface area contributed by atoms with Gasteiger partial charge in [0.2, 0.25) is 0 Å². The Labute approximate surface area is 93.8 Å². The molecule has 16 heavy (non-hydrogen) atoms. The molecule has 0 saturated carbocycles. The van der Waals surface area contributed by atoms with Gasteiger partial charge in [-0.3, -0.25) is 14.2 Å². The lowest BCUT2D eigenvalue weighted by molar-refractivity contribution is 0.112. The number of nitrogens with zero attached hydrogens (tertiary/aromatic N) is 1. The summed E-state index contributed by atoms with van der Waals surface area (Å²) in [6.45, 7) is 0. The highest BCUT2D eigenvalue weighted by molar-refractivity contribution is 5.77. The molecule has 0 N–H and O–H groups in total. The summed E-state index contributed by atoms with van der Waals surface area (Å²) in [6.07, 6.45) is 4.11. The molecular weight excluding hydrogens is 205 g/mol. The van der Waals surface area contributed by atoms with Crippen molar-refractivity contribution in [3.63, 3.8) is 0 Å². The molecule has 0 saturated heterocycles. The first-order valence-corrected chi connectivity index (χ1v) is 4.73. The molecule has 0 fully saturated rings. The Morgan fingerprint density at radius 3 is 2.38 bits per heavy atom. The van der Waals surface area contributed by atoms with Gasteiger partial charge in [-0.15, -0.1) is 0 Å². The molecular formula is C13H12FNO. The van der Waals surface area contributed by atoms with Gasteiger partial charge in [-0.25, -0.2) is 0 Å². The number of pyridine rings is 1. The Bertz CT molecular complexity index is 443. The average Bonchev–Trinajstić information content (AvgIpc) is 2.42. The Kier molecular flexibility index (Phi) is 4.86. The van der Waals surface area contributed by atoms with Crippen molar-refractivity contribution in [2.45, 2.75) is 0 Å². The van der Waals surface area contributed by atoms with Crippen molar-refractivity contribution in [3.8, 4) is 11.1 Å². The summed E-state index contributed by atoms with van der Waals surface area (Å²) in [4.78, 5) is 14.6. The van der Waals surface area contributed by atoms with Gasteiger partial charge in [-0.1, -0.05) is 30.3 Å². The third kappa shape index (κ3) is 2.98. The highest BCUT2D eigenvalue weighted by Gasteiger charge is 1.97. The van der Waals surface area contributed by atoms with Crippen molar-refractivity contribution < 1.29 is 9.18 Å². The molecule has 3 heteroatoms. The second kappa shape index (κ2) is 6.45. The van der Waals surface area contributed by atoms with Crippen molar-refractivity contribution >= 4 is 6.29 Å². The van der Waals surface area contributed by atoms with Crippen LogP contribution in [0, 0.1) is 0 Å². The molecule has 0 aliphatic heterocycles. The van der Waals surface area contributed by atoms with Gasteiger partial charge in [0.1, 0.15) is 0 Å². The molecule has 1 heterocycles. The summed E-state index contributed by atoms with van der Waals surface area (Å²) in [5.41, 5.74) is 2.64. The van der Waals surface area contributed by atoms with Crippen molar-refractivity contribution in [2.24, 2.45) is 0 Å². The van der Waals surface area contributed by atoms with Gasteiger partial charge < -0.3 is 0 Å². The van der Waals surface area contributed by atoms with Gasteiger partial charge in [-0.05, 0) is 11.6 Å². The second-order valence-corrected chi connectivity index (χ2v) is 2.99. The van der Waals surface area contributed by atoms with Crippen LogP contribution in [0.5, 0.6) is 0 Å². The summed E-state index contributed by atoms with van der Waals surface area (Å²) in [7, 11) is 0.500. The lowest BCUT2D eigenvalue weighted by atomic mass is 10.1. The molecule has 0 amide bonds. The van der Waals surface area contributed by atoms with E-state index in [-0.39, 0.29) is 0 Å². The van der Waals surface area contributed by atoms with Gasteiger partial charge in [0.05, 0.1) is 7.18 Å². The van der Waals surface area contributed by atoms with Gasteiger partial charge in [-0.2, -0.15) is 0 Å². The fraction of sp³-hybridized carbons (Fsp3) is 0.0769. The van der Waals surface area contributed by atoms with Crippen LogP contribution in [0.15, 0.2) is 48.8 Å². The third-order valence-electron chi connectivity index (χ3n) is 2.00. The number of hydrogen-bond donors (Lipinski definition) is 0. The van der Waals surface area contributed by atoms with E-state index in [0.717, 1.165) is 17.4 Å². The predicted octanol–water partition coefficient (Wildman–Crippen LogP) is 3.15. The van der Waals surface area contributed by atoms with E-state index in [1.165, 1.54) is 0 Å². The number of carbonyl (C=O) groups excluding carboxylic acids is 1. The number of carbonyl (C=O) groups is 1. The van der Waals surface area contributed by atoms with Crippen molar-refractivity contribution in [3.05, 3.63) is 54.4 Å². The van der Waals surface area contributed by atoms with E-state index in [9.17, 15) is 9.18 Å². The summed E-state index contributed by atoms with van der Waals surface area (Å²) in [5, 5.41) is 0. The third-order valence-corrected chi connectivity index (χ3v) is 2.00. The number of aldehydes is 1. The van der Waals surface area contributed by atoms with Crippen LogP contribution in [0.4, 0.5) is 4.39 Å². The Morgan fingerprint density at radius 2 is 1.75 bits per heavy atom. The topological polar surface area (TPSA) is 30.0 Å². The van der Waals surface area contributed by atoms with Gasteiger partial charge in [0.15, 0.2) is 6.29 Å². The normalized spacial score (nSPS) is 8.88. The standard InChI is InChI=1S/C12H9NO.CH3F/c14-9-10-6-12(8-13-7-10)11-4-2-1-3-5-11;1-2/h1-9H;1H3. The summed E-state index contributed by atoms with van der Waals surface area (Å²) >= 11 is 0. The number of hydrogen-bond acceptors (Lipinski definition) is 2. The zero-order valence-corrected chi connectivity index (χ0v) is 8.93. The minimum absolute atomic E-state index is 0.500. The average molecular weight is 217 g/mol. The SMILES string of the molecule is CF.O=Cc1cncc(-c2ccccc2)c1. The summed E-state index contributed by atoms with van der Waals surface area (Å²) in [5.74, 6) is 0. The summed E-state index contributed by atoms with van der Waals surface area (Å²) < 4.78 is 9.50. The van der Waals surface area contributed by atoms with Crippen LogP contribution in [0.25, 0.3) is 11.1 Å². The van der Waals surface area contributed by atoms with Crippen LogP contribution in [-0.2, 0) is 0 Å². The molecule has 0 bridgehead atoms. The van der Waals surface area contributed by atoms with E-state index in [4.69, 9.17) is 0 Å². The van der Waals surface area contributed by atoms with E-state index >= 15 is 0 Å². The van der Waals surface area contributed by atoms with Crippen LogP contribution in [-0.4, -0.2) is 18.4 Å². The van der Waals surface area contributed by atoms with E-state index < -0.39 is 0 Å². The number of halogens is 1. The highest BCUT2D eigenvalue weighted by Crippen LogP contribution is 2.17. The van der Waals surface area contributed by atoms with Crippen molar-refractivity contribution in [1.29, 1.82) is 0 Å². The van der Waals surface area contributed by atoms with Crippen LogP contribution >= 0.6 is 0 Å². The number of rotatable bonds is 2. The van der Waals surface area contributed by atoms with Gasteiger partial charge in [0, 0.05) is 23.5 Å². The Balaban J connectivity index is 0.000000606. The molecule has 0 spiro atoms.